The number of ether oxygens (including phenoxy) is 3. The first-order chi connectivity index (χ1) is 11.6. The zero-order valence-electron chi connectivity index (χ0n) is 14.5. The minimum absolute atomic E-state index is 0.157. The maximum Gasteiger partial charge on any atom is 0.251 e. The molecule has 1 atom stereocenters. The zero-order chi connectivity index (χ0) is 17.5. The van der Waals surface area contributed by atoms with E-state index in [4.69, 9.17) is 14.2 Å². The van der Waals surface area contributed by atoms with Gasteiger partial charge in [0, 0.05) is 11.1 Å². The van der Waals surface area contributed by atoms with Crippen LogP contribution in [0.5, 0.6) is 17.2 Å². The maximum atomic E-state index is 12.4. The number of nitrogens with one attached hydrogen (secondary N) is 1. The molecule has 0 saturated carbocycles. The van der Waals surface area contributed by atoms with Crippen molar-refractivity contribution in [2.24, 2.45) is 0 Å². The molecule has 0 spiro atoms. The van der Waals surface area contributed by atoms with Gasteiger partial charge in [-0.05, 0) is 56.3 Å². The van der Waals surface area contributed by atoms with Gasteiger partial charge in [0.05, 0.1) is 26.9 Å². The fourth-order valence-electron chi connectivity index (χ4n) is 2.40. The number of hydrogen-bond donors (Lipinski definition) is 1. The third-order valence-electron chi connectivity index (χ3n) is 3.68. The molecule has 0 aliphatic carbocycles. The molecule has 2 aromatic carbocycles. The summed E-state index contributed by atoms with van der Waals surface area (Å²) < 4.78 is 16.0. The van der Waals surface area contributed by atoms with Crippen molar-refractivity contribution in [2.75, 3.05) is 20.8 Å². The second-order valence-electron chi connectivity index (χ2n) is 5.26. The lowest BCUT2D eigenvalue weighted by atomic mass is 10.1. The molecule has 0 saturated heterocycles. The molecule has 5 nitrogen and oxygen atoms in total. The molecule has 0 radical (unpaired) electrons. The molecule has 0 aromatic heterocycles. The Labute approximate surface area is 142 Å². The molecule has 0 bridgehead atoms. The first kappa shape index (κ1) is 17.7. The largest absolute Gasteiger partial charge is 0.497 e. The fourth-order valence-corrected chi connectivity index (χ4v) is 2.40. The van der Waals surface area contributed by atoms with Gasteiger partial charge in [0.25, 0.3) is 5.91 Å². The molecule has 128 valence electrons. The topological polar surface area (TPSA) is 56.8 Å². The van der Waals surface area contributed by atoms with E-state index < -0.39 is 0 Å². The summed E-state index contributed by atoms with van der Waals surface area (Å²) in [5.41, 5.74) is 1.43. The van der Waals surface area contributed by atoms with E-state index in [2.05, 4.69) is 5.32 Å². The van der Waals surface area contributed by atoms with Crippen LogP contribution in [0.1, 0.15) is 35.8 Å². The van der Waals surface area contributed by atoms with Crippen LogP contribution in [-0.2, 0) is 0 Å². The number of carbonyl (C=O) groups excluding carboxylic acids is 1. The van der Waals surface area contributed by atoms with Crippen LogP contribution in [0.2, 0.25) is 0 Å². The number of amides is 1. The predicted molar refractivity (Wildman–Crippen MR) is 93.0 cm³/mol. The lowest BCUT2D eigenvalue weighted by Gasteiger charge is -2.18. The standard InChI is InChI=1S/C19H23NO4/c1-5-24-15-8-6-14(7-9-15)19(21)20-13(2)17-12-16(22-3)10-11-18(17)23-4/h6-13H,5H2,1-4H3,(H,20,21)/t13-/m1/s1. The van der Waals surface area contributed by atoms with E-state index in [9.17, 15) is 4.79 Å². The van der Waals surface area contributed by atoms with Gasteiger partial charge >= 0.3 is 0 Å². The van der Waals surface area contributed by atoms with Crippen molar-refractivity contribution in [3.63, 3.8) is 0 Å². The predicted octanol–water partition coefficient (Wildman–Crippen LogP) is 3.59. The second-order valence-corrected chi connectivity index (χ2v) is 5.26. The van der Waals surface area contributed by atoms with Crippen molar-refractivity contribution < 1.29 is 19.0 Å². The van der Waals surface area contributed by atoms with Crippen LogP contribution in [0.4, 0.5) is 0 Å². The first-order valence-electron chi connectivity index (χ1n) is 7.84. The van der Waals surface area contributed by atoms with Gasteiger partial charge in [-0.2, -0.15) is 0 Å². The molecule has 0 heterocycles. The van der Waals surface area contributed by atoms with Gasteiger partial charge in [-0.3, -0.25) is 4.79 Å². The summed E-state index contributed by atoms with van der Waals surface area (Å²) in [5, 5.41) is 2.97. The Balaban J connectivity index is 2.13. The number of rotatable bonds is 7. The minimum Gasteiger partial charge on any atom is -0.497 e. The van der Waals surface area contributed by atoms with Gasteiger partial charge in [-0.25, -0.2) is 0 Å². The summed E-state index contributed by atoms with van der Waals surface area (Å²) in [6, 6.07) is 12.4. The Morgan fingerprint density at radius 2 is 1.71 bits per heavy atom. The van der Waals surface area contributed by atoms with Crippen LogP contribution in [0.25, 0.3) is 0 Å². The highest BCUT2D eigenvalue weighted by Gasteiger charge is 2.16. The molecule has 1 amide bonds. The van der Waals surface area contributed by atoms with Gasteiger partial charge in [0.15, 0.2) is 0 Å². The van der Waals surface area contributed by atoms with Gasteiger partial charge in [0.1, 0.15) is 17.2 Å². The Morgan fingerprint density at radius 3 is 2.29 bits per heavy atom. The smallest absolute Gasteiger partial charge is 0.251 e. The summed E-state index contributed by atoms with van der Waals surface area (Å²) in [6.45, 7) is 4.42. The Kier molecular flexibility index (Phi) is 6.07. The third-order valence-corrected chi connectivity index (χ3v) is 3.68. The second kappa shape index (κ2) is 8.24. The van der Waals surface area contributed by atoms with E-state index in [0.29, 0.717) is 23.7 Å². The Hall–Kier alpha value is -2.69. The van der Waals surface area contributed by atoms with E-state index in [1.165, 1.54) is 0 Å². The van der Waals surface area contributed by atoms with Crippen molar-refractivity contribution in [2.45, 2.75) is 19.9 Å². The van der Waals surface area contributed by atoms with Crippen LogP contribution >= 0.6 is 0 Å². The lowest BCUT2D eigenvalue weighted by Crippen LogP contribution is -2.26. The normalized spacial score (nSPS) is 11.5. The molecule has 0 aliphatic heterocycles. The minimum atomic E-state index is -0.228. The van der Waals surface area contributed by atoms with Gasteiger partial charge in [-0.15, -0.1) is 0 Å². The highest BCUT2D eigenvalue weighted by atomic mass is 16.5. The molecule has 2 rings (SSSR count). The quantitative estimate of drug-likeness (QED) is 0.843. The molecule has 0 aliphatic rings. The van der Waals surface area contributed by atoms with E-state index in [1.54, 1.807) is 38.5 Å². The summed E-state index contributed by atoms with van der Waals surface area (Å²) in [6.07, 6.45) is 0. The first-order valence-corrected chi connectivity index (χ1v) is 7.84. The summed E-state index contributed by atoms with van der Waals surface area (Å²) >= 11 is 0. The SMILES string of the molecule is CCOc1ccc(C(=O)N[C@H](C)c2cc(OC)ccc2OC)cc1. The van der Waals surface area contributed by atoms with E-state index in [1.807, 2.05) is 32.0 Å². The van der Waals surface area contributed by atoms with Crippen LogP contribution in [-0.4, -0.2) is 26.7 Å². The number of methoxy groups -OCH3 is 2. The molecule has 0 unspecified atom stereocenters. The van der Waals surface area contributed by atoms with Crippen molar-refractivity contribution in [1.29, 1.82) is 0 Å². The summed E-state index contributed by atoms with van der Waals surface area (Å²) in [7, 11) is 3.21. The van der Waals surface area contributed by atoms with Gasteiger partial charge < -0.3 is 19.5 Å². The molecular formula is C19H23NO4. The average molecular weight is 329 g/mol. The average Bonchev–Trinajstić information content (AvgIpc) is 2.61. The molecule has 5 heteroatoms. The van der Waals surface area contributed by atoms with Crippen molar-refractivity contribution in [3.8, 4) is 17.2 Å². The van der Waals surface area contributed by atoms with Gasteiger partial charge in [-0.1, -0.05) is 0 Å². The lowest BCUT2D eigenvalue weighted by molar-refractivity contribution is 0.0939. The summed E-state index contributed by atoms with van der Waals surface area (Å²) in [4.78, 5) is 12.4. The van der Waals surface area contributed by atoms with E-state index >= 15 is 0 Å². The monoisotopic (exact) mass is 329 g/mol. The van der Waals surface area contributed by atoms with E-state index in [0.717, 1.165) is 11.3 Å². The van der Waals surface area contributed by atoms with Crippen LogP contribution in [0, 0.1) is 0 Å². The Bertz CT molecular complexity index is 682. The molecule has 0 fully saturated rings. The zero-order valence-corrected chi connectivity index (χ0v) is 14.5. The number of carbonyl (C=O) groups is 1. The Morgan fingerprint density at radius 1 is 1.04 bits per heavy atom. The van der Waals surface area contributed by atoms with Gasteiger partial charge in [0.2, 0.25) is 0 Å². The van der Waals surface area contributed by atoms with Crippen molar-refractivity contribution in [1.82, 2.24) is 5.32 Å². The molecule has 2 aromatic rings. The van der Waals surface area contributed by atoms with Crippen LogP contribution < -0.4 is 19.5 Å². The highest BCUT2D eigenvalue weighted by Crippen LogP contribution is 2.29. The maximum absolute atomic E-state index is 12.4. The molecule has 1 N–H and O–H groups in total. The van der Waals surface area contributed by atoms with Crippen LogP contribution in [0.3, 0.4) is 0 Å². The number of benzene rings is 2. The number of hydrogen-bond acceptors (Lipinski definition) is 4. The van der Waals surface area contributed by atoms with Crippen molar-refractivity contribution >= 4 is 5.91 Å². The third kappa shape index (κ3) is 4.19. The highest BCUT2D eigenvalue weighted by molar-refractivity contribution is 5.94. The molecule has 24 heavy (non-hydrogen) atoms. The fraction of sp³-hybridized carbons (Fsp3) is 0.316. The molecular weight excluding hydrogens is 306 g/mol. The summed E-state index contributed by atoms with van der Waals surface area (Å²) in [5.74, 6) is 2.01. The van der Waals surface area contributed by atoms with E-state index in [-0.39, 0.29) is 11.9 Å². The van der Waals surface area contributed by atoms with Crippen LogP contribution in [0.15, 0.2) is 42.5 Å². The van der Waals surface area contributed by atoms with Crippen molar-refractivity contribution in [3.05, 3.63) is 53.6 Å².